The summed E-state index contributed by atoms with van der Waals surface area (Å²) in [5.41, 5.74) is -1.03. The number of carboxylic acids is 1. The van der Waals surface area contributed by atoms with Gasteiger partial charge in [0.25, 0.3) is 0 Å². The number of hydrogen-bond donors (Lipinski definition) is 2. The van der Waals surface area contributed by atoms with Gasteiger partial charge >= 0.3 is 5.97 Å². The van der Waals surface area contributed by atoms with E-state index in [0.29, 0.717) is 5.02 Å². The van der Waals surface area contributed by atoms with Gasteiger partial charge in [0.2, 0.25) is 0 Å². The van der Waals surface area contributed by atoms with E-state index >= 15 is 0 Å². The minimum Gasteiger partial charge on any atom is -0.480 e. The predicted octanol–water partition coefficient (Wildman–Crippen LogP) is 0.599. The Morgan fingerprint density at radius 3 is 2.86 bits per heavy atom. The summed E-state index contributed by atoms with van der Waals surface area (Å²) in [7, 11) is 1.60. The van der Waals surface area contributed by atoms with Crippen molar-refractivity contribution in [2.45, 2.75) is 19.0 Å². The van der Waals surface area contributed by atoms with Crippen LogP contribution in [-0.4, -0.2) is 33.4 Å². The molecule has 0 aliphatic rings. The molecule has 0 amide bonds. The van der Waals surface area contributed by atoms with E-state index in [1.165, 1.54) is 10.9 Å². The van der Waals surface area contributed by atoms with Crippen LogP contribution in [0.5, 0.6) is 0 Å². The molecule has 0 saturated carbocycles. The number of rotatable bonds is 4. The molecule has 0 saturated heterocycles. The molecule has 6 heteroatoms. The molecule has 1 rings (SSSR count). The number of carbonyl (C=O) groups is 1. The summed E-state index contributed by atoms with van der Waals surface area (Å²) in [4.78, 5) is 10.9. The van der Waals surface area contributed by atoms with E-state index in [-0.39, 0.29) is 6.54 Å². The highest BCUT2D eigenvalue weighted by Crippen LogP contribution is 2.10. The van der Waals surface area contributed by atoms with E-state index in [4.69, 9.17) is 16.7 Å². The summed E-state index contributed by atoms with van der Waals surface area (Å²) < 4.78 is 1.49. The summed E-state index contributed by atoms with van der Waals surface area (Å²) in [5, 5.41) is 16.1. The third kappa shape index (κ3) is 2.24. The average molecular weight is 218 g/mol. The lowest BCUT2D eigenvalue weighted by Crippen LogP contribution is -2.50. The largest absolute Gasteiger partial charge is 0.480 e. The topological polar surface area (TPSA) is 67.2 Å². The molecule has 1 heterocycles. The molecule has 5 nitrogen and oxygen atoms in total. The minimum atomic E-state index is -1.03. The van der Waals surface area contributed by atoms with Gasteiger partial charge in [-0.3, -0.25) is 9.48 Å². The van der Waals surface area contributed by atoms with E-state index in [9.17, 15) is 4.79 Å². The molecule has 14 heavy (non-hydrogen) atoms. The van der Waals surface area contributed by atoms with E-state index < -0.39 is 11.5 Å². The monoisotopic (exact) mass is 217 g/mol. The molecule has 78 valence electrons. The molecule has 1 aromatic heterocycles. The van der Waals surface area contributed by atoms with Gasteiger partial charge in [-0.1, -0.05) is 11.6 Å². The molecule has 0 fully saturated rings. The normalized spacial score (nSPS) is 15.1. The SMILES string of the molecule is CNC(C)(Cn1cc(Cl)cn1)C(=O)O. The zero-order chi connectivity index (χ0) is 10.8. The van der Waals surface area contributed by atoms with Crippen LogP contribution in [0.1, 0.15) is 6.92 Å². The fourth-order valence-corrected chi connectivity index (χ4v) is 1.16. The molecule has 0 bridgehead atoms. The highest BCUT2D eigenvalue weighted by atomic mass is 35.5. The maximum Gasteiger partial charge on any atom is 0.325 e. The maximum atomic E-state index is 10.9. The van der Waals surface area contributed by atoms with Crippen LogP contribution < -0.4 is 5.32 Å². The second-order valence-corrected chi connectivity index (χ2v) is 3.68. The Balaban J connectivity index is 2.80. The zero-order valence-corrected chi connectivity index (χ0v) is 8.75. The zero-order valence-electron chi connectivity index (χ0n) is 7.99. The smallest absolute Gasteiger partial charge is 0.325 e. The lowest BCUT2D eigenvalue weighted by atomic mass is 10.0. The summed E-state index contributed by atoms with van der Waals surface area (Å²) in [6, 6.07) is 0. The van der Waals surface area contributed by atoms with E-state index in [2.05, 4.69) is 10.4 Å². The Morgan fingerprint density at radius 2 is 2.50 bits per heavy atom. The standard InChI is InChI=1S/C8H12ClN3O2/c1-8(10-2,7(13)14)5-12-4-6(9)3-11-12/h3-4,10H,5H2,1-2H3,(H,13,14). The minimum absolute atomic E-state index is 0.228. The fourth-order valence-electron chi connectivity index (χ4n) is 1.00. The van der Waals surface area contributed by atoms with Crippen molar-refractivity contribution in [3.8, 4) is 0 Å². The van der Waals surface area contributed by atoms with Crippen LogP contribution in [0.3, 0.4) is 0 Å². The van der Waals surface area contributed by atoms with Gasteiger partial charge in [-0.2, -0.15) is 5.10 Å². The third-order valence-corrected chi connectivity index (χ3v) is 2.30. The van der Waals surface area contributed by atoms with Crippen molar-refractivity contribution in [1.29, 1.82) is 0 Å². The van der Waals surface area contributed by atoms with Crippen LogP contribution >= 0.6 is 11.6 Å². The molecule has 0 radical (unpaired) electrons. The second-order valence-electron chi connectivity index (χ2n) is 3.24. The summed E-state index contributed by atoms with van der Waals surface area (Å²) in [6.07, 6.45) is 3.06. The molecule has 0 spiro atoms. The summed E-state index contributed by atoms with van der Waals surface area (Å²) in [6.45, 7) is 1.82. The Labute approximate surface area is 86.7 Å². The number of carboxylic acid groups (broad SMARTS) is 1. The quantitative estimate of drug-likeness (QED) is 0.775. The third-order valence-electron chi connectivity index (χ3n) is 2.10. The molecule has 0 aliphatic heterocycles. The number of nitrogens with zero attached hydrogens (tertiary/aromatic N) is 2. The first kappa shape index (κ1) is 11.0. The molecule has 1 atom stereocenters. The lowest BCUT2D eigenvalue weighted by Gasteiger charge is -2.23. The van der Waals surface area contributed by atoms with Crippen LogP contribution in [0.4, 0.5) is 0 Å². The maximum absolute atomic E-state index is 10.9. The highest BCUT2D eigenvalue weighted by Gasteiger charge is 2.31. The van der Waals surface area contributed by atoms with Gasteiger partial charge in [0.1, 0.15) is 5.54 Å². The van der Waals surface area contributed by atoms with Crippen molar-refractivity contribution in [2.24, 2.45) is 0 Å². The number of nitrogens with one attached hydrogen (secondary N) is 1. The highest BCUT2D eigenvalue weighted by molar-refractivity contribution is 6.30. The molecular formula is C8H12ClN3O2. The van der Waals surface area contributed by atoms with Gasteiger partial charge in [0.15, 0.2) is 0 Å². The molecule has 1 unspecified atom stereocenters. The number of likely N-dealkylation sites (N-methyl/N-ethyl adjacent to an activating group) is 1. The number of aliphatic carboxylic acids is 1. The van der Waals surface area contributed by atoms with Gasteiger partial charge in [-0.15, -0.1) is 0 Å². The first-order chi connectivity index (χ1) is 6.48. The Morgan fingerprint density at radius 1 is 1.86 bits per heavy atom. The molecule has 0 aromatic carbocycles. The van der Waals surface area contributed by atoms with Crippen molar-refractivity contribution in [1.82, 2.24) is 15.1 Å². The molecule has 0 aliphatic carbocycles. The van der Waals surface area contributed by atoms with Crippen LogP contribution in [0.15, 0.2) is 12.4 Å². The molecule has 2 N–H and O–H groups in total. The van der Waals surface area contributed by atoms with Gasteiger partial charge in [0, 0.05) is 6.20 Å². The fraction of sp³-hybridized carbons (Fsp3) is 0.500. The van der Waals surface area contributed by atoms with Crippen molar-refractivity contribution in [2.75, 3.05) is 7.05 Å². The van der Waals surface area contributed by atoms with Crippen LogP contribution in [0, 0.1) is 0 Å². The van der Waals surface area contributed by atoms with E-state index in [1.54, 1.807) is 20.2 Å². The number of aromatic nitrogens is 2. The number of hydrogen-bond acceptors (Lipinski definition) is 3. The Hall–Kier alpha value is -1.07. The van der Waals surface area contributed by atoms with Gasteiger partial charge < -0.3 is 10.4 Å². The first-order valence-corrected chi connectivity index (χ1v) is 4.46. The second kappa shape index (κ2) is 3.98. The summed E-state index contributed by atoms with van der Waals surface area (Å²) >= 11 is 5.66. The van der Waals surface area contributed by atoms with Crippen LogP contribution in [-0.2, 0) is 11.3 Å². The van der Waals surface area contributed by atoms with Gasteiger partial charge in [-0.25, -0.2) is 0 Å². The Bertz CT molecular complexity index is 339. The van der Waals surface area contributed by atoms with Crippen molar-refractivity contribution >= 4 is 17.6 Å². The van der Waals surface area contributed by atoms with Crippen LogP contribution in [0.2, 0.25) is 5.02 Å². The van der Waals surface area contributed by atoms with Crippen LogP contribution in [0.25, 0.3) is 0 Å². The predicted molar refractivity (Wildman–Crippen MR) is 52.3 cm³/mol. The van der Waals surface area contributed by atoms with Crippen molar-refractivity contribution in [3.05, 3.63) is 17.4 Å². The van der Waals surface area contributed by atoms with E-state index in [1.807, 2.05) is 0 Å². The van der Waals surface area contributed by atoms with E-state index in [0.717, 1.165) is 0 Å². The number of halogens is 1. The van der Waals surface area contributed by atoms with Gasteiger partial charge in [0.05, 0.1) is 17.8 Å². The first-order valence-electron chi connectivity index (χ1n) is 4.08. The van der Waals surface area contributed by atoms with Crippen molar-refractivity contribution in [3.63, 3.8) is 0 Å². The average Bonchev–Trinajstić information content (AvgIpc) is 2.50. The molecule has 1 aromatic rings. The lowest BCUT2D eigenvalue weighted by molar-refractivity contribution is -0.144. The van der Waals surface area contributed by atoms with Crippen molar-refractivity contribution < 1.29 is 9.90 Å². The van der Waals surface area contributed by atoms with Gasteiger partial charge in [-0.05, 0) is 14.0 Å². The Kier molecular flexibility index (Phi) is 3.13. The molecular weight excluding hydrogens is 206 g/mol. The summed E-state index contributed by atoms with van der Waals surface area (Å²) in [5.74, 6) is -0.924.